The minimum absolute atomic E-state index is 0.0420. The lowest BCUT2D eigenvalue weighted by atomic mass is 10.1. The zero-order valence-corrected chi connectivity index (χ0v) is 15.0. The second kappa shape index (κ2) is 7.82. The van der Waals surface area contributed by atoms with Gasteiger partial charge in [0.2, 0.25) is 11.9 Å². The summed E-state index contributed by atoms with van der Waals surface area (Å²) in [5.41, 5.74) is 0.825. The van der Waals surface area contributed by atoms with E-state index >= 15 is 0 Å². The summed E-state index contributed by atoms with van der Waals surface area (Å²) in [7, 11) is 1.85. The van der Waals surface area contributed by atoms with Gasteiger partial charge in [-0.3, -0.25) is 9.48 Å². The van der Waals surface area contributed by atoms with Crippen LogP contribution in [0.5, 0.6) is 0 Å². The lowest BCUT2D eigenvalue weighted by Crippen LogP contribution is -2.54. The highest BCUT2D eigenvalue weighted by molar-refractivity contribution is 5.77. The van der Waals surface area contributed by atoms with Crippen molar-refractivity contribution in [3.8, 4) is 6.07 Å². The number of carbonyl (C=O) groups excluding carboxylic acids is 1. The summed E-state index contributed by atoms with van der Waals surface area (Å²) >= 11 is 0. The Bertz CT molecular complexity index is 811. The van der Waals surface area contributed by atoms with Gasteiger partial charge in [0.25, 0.3) is 0 Å². The predicted molar refractivity (Wildman–Crippen MR) is 96.8 cm³/mol. The summed E-state index contributed by atoms with van der Waals surface area (Å²) in [4.78, 5) is 25.0. The number of hydrogen-bond acceptors (Lipinski definition) is 7. The number of aryl methyl sites for hydroxylation is 1. The predicted octanol–water partition coefficient (Wildman–Crippen LogP) is 1.29. The average molecular weight is 354 g/mol. The van der Waals surface area contributed by atoms with Gasteiger partial charge in [0.15, 0.2) is 0 Å². The fraction of sp³-hybridized carbons (Fsp3) is 0.471. The van der Waals surface area contributed by atoms with Crippen LogP contribution < -0.4 is 10.2 Å². The van der Waals surface area contributed by atoms with Crippen molar-refractivity contribution in [2.75, 3.05) is 29.9 Å². The molecule has 1 fully saturated rings. The van der Waals surface area contributed by atoms with Crippen LogP contribution in [0.25, 0.3) is 0 Å². The molecule has 3 heterocycles. The number of rotatable bonds is 5. The molecule has 1 unspecified atom stereocenters. The lowest BCUT2D eigenvalue weighted by Gasteiger charge is -2.40. The maximum Gasteiger partial charge on any atom is 0.229 e. The monoisotopic (exact) mass is 354 g/mol. The van der Waals surface area contributed by atoms with Crippen molar-refractivity contribution in [3.63, 3.8) is 0 Å². The number of nitrogens with zero attached hydrogens (tertiary/aromatic N) is 7. The molecular formula is C17H22N8O. The van der Waals surface area contributed by atoms with Gasteiger partial charge in [-0.15, -0.1) is 0 Å². The first-order chi connectivity index (χ1) is 12.6. The van der Waals surface area contributed by atoms with Crippen LogP contribution >= 0.6 is 0 Å². The Morgan fingerprint density at radius 3 is 3.00 bits per heavy atom. The van der Waals surface area contributed by atoms with Crippen molar-refractivity contribution in [1.29, 1.82) is 5.26 Å². The van der Waals surface area contributed by atoms with E-state index in [0.29, 0.717) is 25.6 Å². The molecule has 9 nitrogen and oxygen atoms in total. The van der Waals surface area contributed by atoms with E-state index in [0.717, 1.165) is 11.5 Å². The van der Waals surface area contributed by atoms with E-state index in [1.165, 1.54) is 0 Å². The van der Waals surface area contributed by atoms with E-state index in [1.807, 2.05) is 37.2 Å². The highest BCUT2D eigenvalue weighted by Gasteiger charge is 2.27. The first-order valence-corrected chi connectivity index (χ1v) is 8.57. The Balaban J connectivity index is 1.64. The Kier molecular flexibility index (Phi) is 5.31. The van der Waals surface area contributed by atoms with E-state index in [4.69, 9.17) is 5.26 Å². The maximum absolute atomic E-state index is 12.2. The van der Waals surface area contributed by atoms with Gasteiger partial charge >= 0.3 is 0 Å². The molecular weight excluding hydrogens is 332 g/mol. The van der Waals surface area contributed by atoms with Gasteiger partial charge in [-0.1, -0.05) is 0 Å². The van der Waals surface area contributed by atoms with E-state index in [2.05, 4.69) is 25.3 Å². The summed E-state index contributed by atoms with van der Waals surface area (Å²) < 4.78 is 1.70. The van der Waals surface area contributed by atoms with Crippen molar-refractivity contribution in [1.82, 2.24) is 24.6 Å². The summed E-state index contributed by atoms with van der Waals surface area (Å²) in [5, 5.41) is 15.9. The van der Waals surface area contributed by atoms with Crippen LogP contribution in [0.2, 0.25) is 0 Å². The van der Waals surface area contributed by atoms with Crippen LogP contribution in [0.4, 0.5) is 17.5 Å². The number of anilines is 3. The molecule has 0 bridgehead atoms. The van der Waals surface area contributed by atoms with E-state index in [1.54, 1.807) is 17.1 Å². The zero-order valence-electron chi connectivity index (χ0n) is 15.0. The zero-order chi connectivity index (χ0) is 18.5. The second-order valence-corrected chi connectivity index (χ2v) is 6.31. The number of amides is 1. The van der Waals surface area contributed by atoms with Gasteiger partial charge < -0.3 is 15.1 Å². The minimum atomic E-state index is 0.0420. The SMILES string of the molecule is CC1CN(c2ccnc(Nc3cnn(C)c3)n2)CCN1C(=O)CCC#N. The van der Waals surface area contributed by atoms with Gasteiger partial charge in [-0.2, -0.15) is 15.3 Å². The number of carbonyl (C=O) groups is 1. The normalized spacial score (nSPS) is 17.0. The third-order valence-electron chi connectivity index (χ3n) is 4.32. The topological polar surface area (TPSA) is 103 Å². The minimum Gasteiger partial charge on any atom is -0.353 e. The van der Waals surface area contributed by atoms with Gasteiger partial charge in [-0.25, -0.2) is 4.98 Å². The number of hydrogen-bond donors (Lipinski definition) is 1. The van der Waals surface area contributed by atoms with Crippen LogP contribution in [-0.4, -0.2) is 56.2 Å². The summed E-state index contributed by atoms with van der Waals surface area (Å²) in [6.45, 7) is 4.04. The van der Waals surface area contributed by atoms with Gasteiger partial charge in [-0.05, 0) is 13.0 Å². The molecule has 3 rings (SSSR count). The number of aromatic nitrogens is 4. The molecule has 0 spiro atoms. The molecule has 0 radical (unpaired) electrons. The molecule has 0 aromatic carbocycles. The first kappa shape index (κ1) is 17.7. The quantitative estimate of drug-likeness (QED) is 0.863. The Morgan fingerprint density at radius 1 is 1.46 bits per heavy atom. The molecule has 0 saturated carbocycles. The van der Waals surface area contributed by atoms with Crippen molar-refractivity contribution < 1.29 is 4.79 Å². The van der Waals surface area contributed by atoms with Crippen LogP contribution in [0.15, 0.2) is 24.7 Å². The third-order valence-corrected chi connectivity index (χ3v) is 4.32. The fourth-order valence-corrected chi connectivity index (χ4v) is 3.04. The molecule has 2 aromatic rings. The fourth-order valence-electron chi connectivity index (χ4n) is 3.04. The lowest BCUT2D eigenvalue weighted by molar-refractivity contribution is -0.133. The molecule has 1 atom stereocenters. The summed E-state index contributed by atoms with van der Waals surface area (Å²) in [6.07, 6.45) is 5.83. The standard InChI is InChI=1S/C17H22N8O/c1-13-11-24(8-9-25(13)16(26)4-3-6-18)15-5-7-19-17(22-15)21-14-10-20-23(2)12-14/h5,7,10,12-13H,3-4,8-9,11H2,1-2H3,(H,19,21,22). The molecule has 2 aromatic heterocycles. The number of nitrogens with one attached hydrogen (secondary N) is 1. The van der Waals surface area contributed by atoms with Crippen LogP contribution in [0.1, 0.15) is 19.8 Å². The van der Waals surface area contributed by atoms with Crippen molar-refractivity contribution >= 4 is 23.4 Å². The number of nitriles is 1. The highest BCUT2D eigenvalue weighted by Crippen LogP contribution is 2.20. The van der Waals surface area contributed by atoms with Gasteiger partial charge in [0.1, 0.15) is 5.82 Å². The Hall–Kier alpha value is -3.15. The Morgan fingerprint density at radius 2 is 2.31 bits per heavy atom. The van der Waals surface area contributed by atoms with Crippen LogP contribution in [0.3, 0.4) is 0 Å². The van der Waals surface area contributed by atoms with Crippen molar-refractivity contribution in [2.24, 2.45) is 7.05 Å². The Labute approximate surface area is 152 Å². The van der Waals surface area contributed by atoms with E-state index < -0.39 is 0 Å². The highest BCUT2D eigenvalue weighted by atomic mass is 16.2. The van der Waals surface area contributed by atoms with Crippen LogP contribution in [0, 0.1) is 11.3 Å². The molecule has 1 aliphatic rings. The van der Waals surface area contributed by atoms with Gasteiger partial charge in [0.05, 0.1) is 18.0 Å². The van der Waals surface area contributed by atoms with E-state index in [-0.39, 0.29) is 24.8 Å². The summed E-state index contributed by atoms with van der Waals surface area (Å²) in [5.74, 6) is 1.37. The van der Waals surface area contributed by atoms with Crippen molar-refractivity contribution in [2.45, 2.75) is 25.8 Å². The van der Waals surface area contributed by atoms with Gasteiger partial charge in [0, 0.05) is 58.0 Å². The molecule has 26 heavy (non-hydrogen) atoms. The molecule has 1 N–H and O–H groups in total. The summed E-state index contributed by atoms with van der Waals surface area (Å²) in [6, 6.07) is 3.97. The average Bonchev–Trinajstić information content (AvgIpc) is 3.04. The molecule has 1 saturated heterocycles. The third kappa shape index (κ3) is 4.08. The molecule has 0 aliphatic carbocycles. The smallest absolute Gasteiger partial charge is 0.229 e. The first-order valence-electron chi connectivity index (χ1n) is 8.57. The maximum atomic E-state index is 12.2. The second-order valence-electron chi connectivity index (χ2n) is 6.31. The van der Waals surface area contributed by atoms with E-state index in [9.17, 15) is 4.79 Å². The number of piperazine rings is 1. The molecule has 1 aliphatic heterocycles. The molecule has 9 heteroatoms. The molecule has 136 valence electrons. The van der Waals surface area contributed by atoms with Crippen molar-refractivity contribution in [3.05, 3.63) is 24.7 Å². The molecule has 1 amide bonds. The largest absolute Gasteiger partial charge is 0.353 e. The van der Waals surface area contributed by atoms with Crippen LogP contribution in [-0.2, 0) is 11.8 Å².